The average Bonchev–Trinajstić information content (AvgIpc) is 0.752. The molecule has 11 rings (SSSR count). The number of hydrogen-bond acceptors (Lipinski definition) is 21. The fraction of sp³-hybridized carbons (Fsp3) is 0.365. The molecular weight excluding hydrogens is 1440 g/mol. The van der Waals surface area contributed by atoms with Crippen LogP contribution in [-0.2, 0) is 114 Å². The molecule has 0 bridgehead atoms. The van der Waals surface area contributed by atoms with Crippen LogP contribution in [0.15, 0.2) is 243 Å². The Balaban J connectivity index is 0.990. The van der Waals surface area contributed by atoms with E-state index in [-0.39, 0.29) is 85.2 Å². The van der Waals surface area contributed by atoms with Crippen LogP contribution in [-0.4, -0.2) is 163 Å². The molecule has 8 aromatic rings. The van der Waals surface area contributed by atoms with E-state index in [1.165, 1.54) is 0 Å². The van der Waals surface area contributed by atoms with E-state index >= 15 is 4.79 Å². The molecule has 0 spiro atoms. The van der Waals surface area contributed by atoms with Gasteiger partial charge in [-0.05, 0) is 76.6 Å². The van der Waals surface area contributed by atoms with E-state index in [0.717, 1.165) is 11.1 Å². The third-order valence-corrected chi connectivity index (χ3v) is 19.0. The maximum Gasteiger partial charge on any atom is 0.407 e. The zero-order valence-corrected chi connectivity index (χ0v) is 61.8. The molecule has 8 aromatic carbocycles. The van der Waals surface area contributed by atoms with E-state index in [0.29, 0.717) is 46.2 Å². The molecule has 27 nitrogen and oxygen atoms in total. The summed E-state index contributed by atoms with van der Waals surface area (Å²) in [6.07, 6.45) is -21.3. The van der Waals surface area contributed by atoms with Crippen molar-refractivity contribution in [1.82, 2.24) is 31.9 Å². The van der Waals surface area contributed by atoms with Crippen LogP contribution in [0, 0.1) is 0 Å². The van der Waals surface area contributed by atoms with Crippen LogP contribution in [0.1, 0.15) is 76.6 Å². The molecule has 1 aliphatic carbocycles. The fourth-order valence-corrected chi connectivity index (χ4v) is 13.2. The highest BCUT2D eigenvalue weighted by Crippen LogP contribution is 2.37. The zero-order valence-electron chi connectivity index (χ0n) is 61.8. The first kappa shape index (κ1) is 82.1. The first-order valence-electron chi connectivity index (χ1n) is 37.5. The second-order valence-corrected chi connectivity index (χ2v) is 27.2. The smallest absolute Gasteiger partial charge is 0.407 e. The van der Waals surface area contributed by atoms with Gasteiger partial charge in [-0.2, -0.15) is 0 Å². The summed E-state index contributed by atoms with van der Waals surface area (Å²) < 4.78 is 76.6. The molecule has 3 fully saturated rings. The number of hydrogen-bond donors (Lipinski definition) is 9. The standard InChI is InChI=1S/C85H96N6O21/c92-48-68-72(93)69(90-84(99)107-55-63-39-21-7-22-40-63)77(103-51-59-31-13-3-14-32-59)80(110-68)112-75-70(89-78(95)67(101-49-57-27-9-1-10-28-57)43-25-26-46-86-81(96)104-52-60-33-15-4-16-34-60)74(102-50-58-29-11-2-12-30-58)71(91-85(100)108-56-64-41-23-8-24-42-64)76(73(75)94)111-79-66(88-83(98)106-54-62-37-19-6-20-38-62)45-44-65(109-79)47-87-82(97)105-53-61-35-17-5-18-36-61/h1-24,27-42,65-77,79-80,92-94H,25-26,43-56H2,(H,86,96)(H,87,97)(H,88,98)(H,89,95)(H,90,99)(H,91,100)/t65?,66?,67-,68?,69+,70-,71+,72+,73?,74?,75-,76?,77?,79+,80+/m1/s1. The Morgan fingerprint density at radius 1 is 0.375 bits per heavy atom. The van der Waals surface area contributed by atoms with Crippen molar-refractivity contribution < 1.29 is 101 Å². The van der Waals surface area contributed by atoms with Gasteiger partial charge in [0.2, 0.25) is 5.91 Å². The summed E-state index contributed by atoms with van der Waals surface area (Å²) in [6, 6.07) is 66.0. The van der Waals surface area contributed by atoms with Gasteiger partial charge in [-0.3, -0.25) is 4.79 Å². The lowest BCUT2D eigenvalue weighted by Crippen LogP contribution is -2.75. The number of aliphatic hydroxyl groups excluding tert-OH is 3. The lowest BCUT2D eigenvalue weighted by Gasteiger charge is -2.52. The maximum atomic E-state index is 16.0. The number of ether oxygens (including phenoxy) is 12. The number of alkyl carbamates (subject to hydrolysis) is 5. The van der Waals surface area contributed by atoms with Gasteiger partial charge >= 0.3 is 30.5 Å². The topological polar surface area (TPSA) is 346 Å². The van der Waals surface area contributed by atoms with Crippen LogP contribution in [0.25, 0.3) is 0 Å². The molecule has 0 radical (unpaired) electrons. The van der Waals surface area contributed by atoms with Gasteiger partial charge in [-0.15, -0.1) is 0 Å². The molecule has 3 aliphatic rings. The second kappa shape index (κ2) is 43.7. The molecular formula is C85H96N6O21. The number of benzene rings is 8. The minimum atomic E-state index is -2.11. The van der Waals surface area contributed by atoms with Crippen LogP contribution in [0.3, 0.4) is 0 Å². The van der Waals surface area contributed by atoms with Gasteiger partial charge in [0, 0.05) is 13.1 Å². The summed E-state index contributed by atoms with van der Waals surface area (Å²) in [6.45, 7) is -1.94. The highest BCUT2D eigenvalue weighted by atomic mass is 16.7. The lowest BCUT2D eigenvalue weighted by molar-refractivity contribution is -0.329. The largest absolute Gasteiger partial charge is 0.445 e. The Bertz CT molecular complexity index is 4120. The van der Waals surface area contributed by atoms with Crippen molar-refractivity contribution in [3.63, 3.8) is 0 Å². The Hall–Kier alpha value is -10.8. The summed E-state index contributed by atoms with van der Waals surface area (Å²) in [5.41, 5.74) is 5.42. The second-order valence-electron chi connectivity index (χ2n) is 27.2. The van der Waals surface area contributed by atoms with E-state index in [4.69, 9.17) is 56.8 Å². The van der Waals surface area contributed by atoms with Crippen molar-refractivity contribution in [1.29, 1.82) is 0 Å². The highest BCUT2D eigenvalue weighted by Gasteiger charge is 2.58. The Labute approximate surface area is 649 Å². The third kappa shape index (κ3) is 25.6. The molecule has 2 heterocycles. The van der Waals surface area contributed by atoms with Crippen molar-refractivity contribution in [3.8, 4) is 0 Å². The van der Waals surface area contributed by atoms with Gasteiger partial charge in [-0.1, -0.05) is 243 Å². The van der Waals surface area contributed by atoms with Gasteiger partial charge in [0.1, 0.15) is 81.9 Å². The fourth-order valence-electron chi connectivity index (χ4n) is 13.2. The monoisotopic (exact) mass is 1540 g/mol. The normalized spacial score (nSPS) is 23.0. The van der Waals surface area contributed by atoms with Gasteiger partial charge in [0.25, 0.3) is 0 Å². The summed E-state index contributed by atoms with van der Waals surface area (Å²) in [4.78, 5) is 85.6. The van der Waals surface area contributed by atoms with Crippen molar-refractivity contribution in [2.45, 2.75) is 177 Å². The molecule has 0 aromatic heterocycles. The number of carbonyl (C=O) groups is 6. The van der Waals surface area contributed by atoms with Gasteiger partial charge in [0.05, 0.1) is 56.7 Å². The van der Waals surface area contributed by atoms with Crippen LogP contribution < -0.4 is 31.9 Å². The van der Waals surface area contributed by atoms with E-state index < -0.39 is 135 Å². The molecule has 15 atom stereocenters. The lowest BCUT2D eigenvalue weighted by atomic mass is 9.80. The molecule has 2 aliphatic heterocycles. The molecule has 6 amide bonds. The van der Waals surface area contributed by atoms with Crippen LogP contribution in [0.2, 0.25) is 0 Å². The summed E-state index contributed by atoms with van der Waals surface area (Å²) >= 11 is 0. The molecule has 592 valence electrons. The predicted octanol–water partition coefficient (Wildman–Crippen LogP) is 9.86. The first-order chi connectivity index (χ1) is 54.8. The summed E-state index contributed by atoms with van der Waals surface area (Å²) in [7, 11) is 0. The Morgan fingerprint density at radius 3 is 1.20 bits per heavy atom. The Morgan fingerprint density at radius 2 is 0.750 bits per heavy atom. The van der Waals surface area contributed by atoms with Crippen molar-refractivity contribution in [3.05, 3.63) is 287 Å². The molecule has 9 N–H and O–H groups in total. The predicted molar refractivity (Wildman–Crippen MR) is 406 cm³/mol. The van der Waals surface area contributed by atoms with Crippen molar-refractivity contribution in [2.75, 3.05) is 19.7 Å². The van der Waals surface area contributed by atoms with E-state index in [1.807, 2.05) is 84.9 Å². The minimum absolute atomic E-state index is 0.0406. The van der Waals surface area contributed by atoms with Crippen LogP contribution in [0.4, 0.5) is 24.0 Å². The molecule has 112 heavy (non-hydrogen) atoms. The number of carbonyl (C=O) groups excluding carboxylic acids is 6. The van der Waals surface area contributed by atoms with Crippen LogP contribution >= 0.6 is 0 Å². The highest BCUT2D eigenvalue weighted by molar-refractivity contribution is 5.81. The number of amides is 6. The van der Waals surface area contributed by atoms with Crippen LogP contribution in [0.5, 0.6) is 0 Å². The number of rotatable bonds is 36. The van der Waals surface area contributed by atoms with E-state index in [9.17, 15) is 39.3 Å². The number of unbranched alkanes of at least 4 members (excludes halogenated alkanes) is 1. The first-order valence-corrected chi connectivity index (χ1v) is 37.5. The molecule has 7 unspecified atom stereocenters. The van der Waals surface area contributed by atoms with Crippen molar-refractivity contribution in [2.24, 2.45) is 0 Å². The molecule has 2 saturated heterocycles. The van der Waals surface area contributed by atoms with Gasteiger partial charge < -0.3 is 104 Å². The zero-order chi connectivity index (χ0) is 78.1. The van der Waals surface area contributed by atoms with Crippen molar-refractivity contribution >= 4 is 36.4 Å². The SMILES string of the molecule is O=C(NCCCC[C@@H](OCc1ccccc1)C(=O)N[C@@H]1C(OCc2ccccc2)[C@H](NC(=O)OCc2ccccc2)C(O[C@@H]2OC(CNC(=O)OCc3ccccc3)CCC2NC(=O)OCc2ccccc2)C(O)[C@@H]1O[C@@H]1OC(CO)[C@H](O)[C@H](NC(=O)OCc2ccccc2)C1OCc1ccccc1)OCc1ccccc1. The summed E-state index contributed by atoms with van der Waals surface area (Å²) in [5.74, 6) is -0.771. The minimum Gasteiger partial charge on any atom is -0.445 e. The number of nitrogens with one attached hydrogen (secondary N) is 6. The molecule has 27 heteroatoms. The van der Waals surface area contributed by atoms with Gasteiger partial charge in [-0.25, -0.2) is 24.0 Å². The maximum absolute atomic E-state index is 16.0. The third-order valence-electron chi connectivity index (χ3n) is 19.0. The molecule has 1 saturated carbocycles. The van der Waals surface area contributed by atoms with Gasteiger partial charge in [0.15, 0.2) is 12.6 Å². The van der Waals surface area contributed by atoms with E-state index in [1.54, 1.807) is 158 Å². The summed E-state index contributed by atoms with van der Waals surface area (Å²) in [5, 5.41) is 54.7. The quantitative estimate of drug-likeness (QED) is 0.0130. The van der Waals surface area contributed by atoms with E-state index in [2.05, 4.69) is 31.9 Å². The average molecular weight is 1540 g/mol. The Kier molecular flexibility index (Phi) is 32.0. The number of aliphatic hydroxyl groups is 3.